The van der Waals surface area contributed by atoms with E-state index in [4.69, 9.17) is 21.1 Å². The van der Waals surface area contributed by atoms with Crippen molar-refractivity contribution in [3.05, 3.63) is 47.0 Å². The predicted molar refractivity (Wildman–Crippen MR) is 127 cm³/mol. The first-order chi connectivity index (χ1) is 15.6. The second-order valence-electron chi connectivity index (χ2n) is 8.20. The van der Waals surface area contributed by atoms with Crippen molar-refractivity contribution in [2.45, 2.75) is 39.3 Å². The molecule has 0 fully saturated rings. The number of carbonyl (C=O) groups excluding carboxylic acids is 3. The van der Waals surface area contributed by atoms with Crippen LogP contribution >= 0.6 is 11.6 Å². The summed E-state index contributed by atoms with van der Waals surface area (Å²) in [6, 6.07) is 9.78. The van der Waals surface area contributed by atoms with Crippen LogP contribution in [0, 0.1) is 0 Å². The molecule has 33 heavy (non-hydrogen) atoms. The van der Waals surface area contributed by atoms with Crippen LogP contribution < -0.4 is 19.7 Å². The molecule has 1 N–H and O–H groups in total. The highest BCUT2D eigenvalue weighted by Crippen LogP contribution is 2.37. The minimum absolute atomic E-state index is 0.127. The van der Waals surface area contributed by atoms with Crippen LogP contribution in [-0.2, 0) is 9.59 Å². The monoisotopic (exact) mass is 473 g/mol. The predicted octanol–water partition coefficient (Wildman–Crippen LogP) is 3.97. The zero-order chi connectivity index (χ0) is 24.3. The minimum Gasteiger partial charge on any atom is -0.493 e. The number of halogens is 1. The van der Waals surface area contributed by atoms with Gasteiger partial charge in [-0.15, -0.1) is 0 Å². The molecular weight excluding hydrogens is 446 g/mol. The van der Waals surface area contributed by atoms with E-state index in [1.54, 1.807) is 42.2 Å². The first-order valence-electron chi connectivity index (χ1n) is 10.6. The van der Waals surface area contributed by atoms with Crippen LogP contribution in [0.1, 0.15) is 37.6 Å². The normalized spacial score (nSPS) is 15.4. The Balaban J connectivity index is 1.83. The first-order valence-corrected chi connectivity index (χ1v) is 11.0. The van der Waals surface area contributed by atoms with Crippen LogP contribution in [0.3, 0.4) is 0 Å². The maximum absolute atomic E-state index is 13.3. The quantitative estimate of drug-likeness (QED) is 0.685. The number of carbonyl (C=O) groups is 3. The number of nitrogens with one attached hydrogen (secondary N) is 1. The number of anilines is 2. The fourth-order valence-electron chi connectivity index (χ4n) is 3.73. The van der Waals surface area contributed by atoms with Crippen LogP contribution in [0.15, 0.2) is 36.4 Å². The molecule has 2 aromatic rings. The van der Waals surface area contributed by atoms with Crippen LogP contribution in [-0.4, -0.2) is 55.5 Å². The van der Waals surface area contributed by atoms with Crippen molar-refractivity contribution in [1.29, 1.82) is 0 Å². The number of hydrogen-bond acceptors (Lipinski definition) is 5. The van der Waals surface area contributed by atoms with E-state index in [0.717, 1.165) is 0 Å². The molecule has 0 aliphatic carbocycles. The smallest absolute Gasteiger partial charge is 0.254 e. The van der Waals surface area contributed by atoms with Crippen molar-refractivity contribution in [3.63, 3.8) is 0 Å². The molecule has 0 radical (unpaired) electrons. The maximum atomic E-state index is 13.3. The van der Waals surface area contributed by atoms with Crippen molar-refractivity contribution in [3.8, 4) is 11.5 Å². The van der Waals surface area contributed by atoms with Gasteiger partial charge in [-0.2, -0.15) is 0 Å². The maximum Gasteiger partial charge on any atom is 0.254 e. The standard InChI is InChI=1S/C24H28ClN3O5/c1-14(2)33-23-17(25)11-16(12-20(23)32-5)24(31)27(4)13-22(30)28-15(3)10-21(29)26-18-8-6-7-9-19(18)28/h6-9,11-12,14-15H,10,13H2,1-5H3,(H,26,29). The molecule has 0 bridgehead atoms. The minimum atomic E-state index is -0.399. The Labute approximate surface area is 198 Å². The van der Waals surface area contributed by atoms with E-state index in [2.05, 4.69) is 5.32 Å². The van der Waals surface area contributed by atoms with Crippen LogP contribution in [0.25, 0.3) is 0 Å². The van der Waals surface area contributed by atoms with Gasteiger partial charge in [0.05, 0.1) is 29.6 Å². The molecule has 1 aliphatic heterocycles. The zero-order valence-corrected chi connectivity index (χ0v) is 20.1. The molecule has 3 rings (SSSR count). The van der Waals surface area contributed by atoms with E-state index in [9.17, 15) is 14.4 Å². The summed E-state index contributed by atoms with van der Waals surface area (Å²) in [5.41, 5.74) is 1.43. The number of rotatable bonds is 6. The third-order valence-corrected chi connectivity index (χ3v) is 5.46. The number of amides is 3. The lowest BCUT2D eigenvalue weighted by Crippen LogP contribution is -2.45. The van der Waals surface area contributed by atoms with Crippen molar-refractivity contribution in [2.75, 3.05) is 30.9 Å². The highest BCUT2D eigenvalue weighted by atomic mass is 35.5. The van der Waals surface area contributed by atoms with Crippen LogP contribution in [0.2, 0.25) is 5.02 Å². The lowest BCUT2D eigenvalue weighted by atomic mass is 10.1. The molecule has 9 heteroatoms. The van der Waals surface area contributed by atoms with Gasteiger partial charge in [0.2, 0.25) is 11.8 Å². The summed E-state index contributed by atoms with van der Waals surface area (Å²) in [6.07, 6.45) is 0.0282. The van der Waals surface area contributed by atoms with Gasteiger partial charge >= 0.3 is 0 Å². The number of para-hydroxylation sites is 2. The summed E-state index contributed by atoms with van der Waals surface area (Å²) < 4.78 is 11.1. The van der Waals surface area contributed by atoms with Crippen molar-refractivity contribution < 1.29 is 23.9 Å². The van der Waals surface area contributed by atoms with Crippen molar-refractivity contribution in [1.82, 2.24) is 4.90 Å². The summed E-state index contributed by atoms with van der Waals surface area (Å²) in [5, 5.41) is 3.06. The van der Waals surface area contributed by atoms with E-state index >= 15 is 0 Å². The largest absolute Gasteiger partial charge is 0.493 e. The average molecular weight is 474 g/mol. The molecule has 8 nitrogen and oxygen atoms in total. The lowest BCUT2D eigenvalue weighted by Gasteiger charge is -2.30. The fraction of sp³-hybridized carbons (Fsp3) is 0.375. The zero-order valence-electron chi connectivity index (χ0n) is 19.3. The van der Waals surface area contributed by atoms with Gasteiger partial charge in [0, 0.05) is 25.1 Å². The number of nitrogens with zero attached hydrogens (tertiary/aromatic N) is 2. The molecule has 3 amide bonds. The van der Waals surface area contributed by atoms with Gasteiger partial charge in [0.15, 0.2) is 11.5 Å². The number of likely N-dealkylation sites (N-methyl/N-ethyl adjacent to an activating group) is 1. The lowest BCUT2D eigenvalue weighted by molar-refractivity contribution is -0.119. The van der Waals surface area contributed by atoms with Crippen LogP contribution in [0.5, 0.6) is 11.5 Å². The van der Waals surface area contributed by atoms with Crippen molar-refractivity contribution >= 4 is 40.7 Å². The van der Waals surface area contributed by atoms with E-state index in [1.807, 2.05) is 13.8 Å². The Hall–Kier alpha value is -3.26. The summed E-state index contributed by atoms with van der Waals surface area (Å²) in [7, 11) is 3.00. The Bertz CT molecular complexity index is 1070. The summed E-state index contributed by atoms with van der Waals surface area (Å²) in [6.45, 7) is 5.34. The molecule has 0 saturated carbocycles. The van der Waals surface area contributed by atoms with Gasteiger partial charge < -0.3 is 24.6 Å². The highest BCUT2D eigenvalue weighted by Gasteiger charge is 2.31. The van der Waals surface area contributed by atoms with Gasteiger partial charge in [0.25, 0.3) is 5.91 Å². The highest BCUT2D eigenvalue weighted by molar-refractivity contribution is 6.32. The molecule has 0 aromatic heterocycles. The Morgan fingerprint density at radius 1 is 1.27 bits per heavy atom. The Morgan fingerprint density at radius 3 is 2.64 bits per heavy atom. The van der Waals surface area contributed by atoms with Gasteiger partial charge in [-0.1, -0.05) is 23.7 Å². The molecule has 0 spiro atoms. The fourth-order valence-corrected chi connectivity index (χ4v) is 3.99. The topological polar surface area (TPSA) is 88.2 Å². The summed E-state index contributed by atoms with van der Waals surface area (Å²) in [5.74, 6) is -0.180. The molecule has 0 saturated heterocycles. The number of hydrogen-bond donors (Lipinski definition) is 1. The first kappa shape index (κ1) is 24.4. The number of methoxy groups -OCH3 is 1. The van der Waals surface area contributed by atoms with Gasteiger partial charge in [-0.3, -0.25) is 14.4 Å². The summed E-state index contributed by atoms with van der Waals surface area (Å²) in [4.78, 5) is 41.4. The second kappa shape index (κ2) is 10.1. The molecule has 1 heterocycles. The van der Waals surface area contributed by atoms with E-state index in [0.29, 0.717) is 22.9 Å². The summed E-state index contributed by atoms with van der Waals surface area (Å²) >= 11 is 6.35. The molecule has 2 aromatic carbocycles. The van der Waals surface area contributed by atoms with Crippen LogP contribution in [0.4, 0.5) is 11.4 Å². The molecular formula is C24H28ClN3O5. The van der Waals surface area contributed by atoms with Gasteiger partial charge in [-0.05, 0) is 45.0 Å². The van der Waals surface area contributed by atoms with E-state index in [-0.39, 0.29) is 47.5 Å². The number of fused-ring (bicyclic) bond motifs is 1. The van der Waals surface area contributed by atoms with E-state index < -0.39 is 5.91 Å². The van der Waals surface area contributed by atoms with Gasteiger partial charge in [-0.25, -0.2) is 0 Å². The third-order valence-electron chi connectivity index (χ3n) is 5.18. The molecule has 176 valence electrons. The Morgan fingerprint density at radius 2 is 1.97 bits per heavy atom. The number of benzene rings is 2. The third kappa shape index (κ3) is 5.39. The van der Waals surface area contributed by atoms with Gasteiger partial charge in [0.1, 0.15) is 6.54 Å². The van der Waals surface area contributed by atoms with Crippen molar-refractivity contribution in [2.24, 2.45) is 0 Å². The average Bonchev–Trinajstić information content (AvgIpc) is 2.88. The van der Waals surface area contributed by atoms with E-state index in [1.165, 1.54) is 25.1 Å². The number of ether oxygens (including phenoxy) is 2. The molecule has 1 unspecified atom stereocenters. The SMILES string of the molecule is COc1cc(C(=O)N(C)CC(=O)N2c3ccccc3NC(=O)CC2C)cc(Cl)c1OC(C)C. The second-order valence-corrected chi connectivity index (χ2v) is 8.61. The Kier molecular flexibility index (Phi) is 7.48. The molecule has 1 atom stereocenters. The molecule has 1 aliphatic rings.